The van der Waals surface area contributed by atoms with E-state index >= 15 is 0 Å². The molecule has 1 saturated heterocycles. The predicted octanol–water partition coefficient (Wildman–Crippen LogP) is 4.29. The van der Waals surface area contributed by atoms with Crippen molar-refractivity contribution in [2.24, 2.45) is 16.6 Å². The van der Waals surface area contributed by atoms with Crippen molar-refractivity contribution in [1.82, 2.24) is 10.2 Å². The molecular formula is C23H32ClIN4O2. The fourth-order valence-electron chi connectivity index (χ4n) is 3.68. The van der Waals surface area contributed by atoms with E-state index in [4.69, 9.17) is 26.8 Å². The number of piperidine rings is 1. The van der Waals surface area contributed by atoms with Crippen LogP contribution in [0.2, 0.25) is 5.02 Å². The quantitative estimate of drug-likeness (QED) is 0.287. The largest absolute Gasteiger partial charge is 0.493 e. The van der Waals surface area contributed by atoms with Crippen LogP contribution >= 0.6 is 35.6 Å². The maximum Gasteiger partial charge on any atom is 0.188 e. The number of likely N-dealkylation sites (tertiary alicyclic amines) is 1. The van der Waals surface area contributed by atoms with Crippen LogP contribution in [-0.2, 0) is 13.1 Å². The number of guanidine groups is 1. The lowest BCUT2D eigenvalue weighted by Crippen LogP contribution is -2.40. The maximum atomic E-state index is 6.29. The zero-order valence-electron chi connectivity index (χ0n) is 18.1. The Morgan fingerprint density at radius 2 is 1.84 bits per heavy atom. The molecule has 6 nitrogen and oxygen atoms in total. The Morgan fingerprint density at radius 1 is 1.13 bits per heavy atom. The maximum absolute atomic E-state index is 6.29. The second-order valence-electron chi connectivity index (χ2n) is 7.58. The molecule has 0 atom stereocenters. The van der Waals surface area contributed by atoms with Crippen molar-refractivity contribution in [3.05, 3.63) is 58.6 Å². The van der Waals surface area contributed by atoms with Crippen molar-refractivity contribution in [2.75, 3.05) is 33.9 Å². The molecule has 0 spiro atoms. The molecule has 0 bridgehead atoms. The first-order valence-electron chi connectivity index (χ1n) is 10.3. The topological polar surface area (TPSA) is 72.1 Å². The van der Waals surface area contributed by atoms with Crippen molar-refractivity contribution in [3.63, 3.8) is 0 Å². The Balaban J connectivity index is 0.00000341. The lowest BCUT2D eigenvalue weighted by atomic mass is 9.96. The molecule has 31 heavy (non-hydrogen) atoms. The van der Waals surface area contributed by atoms with Crippen LogP contribution in [0, 0.1) is 5.92 Å². The molecule has 1 fully saturated rings. The molecular weight excluding hydrogens is 527 g/mol. The number of methoxy groups -OCH3 is 2. The van der Waals surface area contributed by atoms with E-state index in [1.807, 2.05) is 36.4 Å². The third-order valence-corrected chi connectivity index (χ3v) is 5.88. The summed E-state index contributed by atoms with van der Waals surface area (Å²) >= 11 is 6.29. The SMILES string of the molecule is COc1ccc(CN=C(N)NCC2CCN(Cc3ccccc3Cl)CC2)cc1OC.I. The number of nitrogens with one attached hydrogen (secondary N) is 1. The van der Waals surface area contributed by atoms with Crippen LogP contribution in [0.15, 0.2) is 47.5 Å². The Bertz CT molecular complexity index is 857. The average Bonchev–Trinajstić information content (AvgIpc) is 2.78. The van der Waals surface area contributed by atoms with Gasteiger partial charge in [-0.05, 0) is 61.2 Å². The highest BCUT2D eigenvalue weighted by atomic mass is 127. The van der Waals surface area contributed by atoms with Gasteiger partial charge >= 0.3 is 0 Å². The Hall–Kier alpha value is -1.71. The molecule has 1 aliphatic rings. The monoisotopic (exact) mass is 558 g/mol. The standard InChI is InChI=1S/C23H31ClN4O2.HI/c1-29-21-8-7-18(13-22(21)30-2)15-27-23(25)26-14-17-9-11-28(12-10-17)16-19-5-3-4-6-20(19)24;/h3-8,13,17H,9-12,14-16H2,1-2H3,(H3,25,26,27);1H. The van der Waals surface area contributed by atoms with Gasteiger partial charge in [-0.3, -0.25) is 4.90 Å². The summed E-state index contributed by atoms with van der Waals surface area (Å²) in [5, 5.41) is 4.13. The van der Waals surface area contributed by atoms with E-state index in [0.29, 0.717) is 29.9 Å². The minimum Gasteiger partial charge on any atom is -0.493 e. The summed E-state index contributed by atoms with van der Waals surface area (Å²) in [5.74, 6) is 2.48. The summed E-state index contributed by atoms with van der Waals surface area (Å²) < 4.78 is 10.6. The zero-order valence-corrected chi connectivity index (χ0v) is 21.2. The van der Waals surface area contributed by atoms with E-state index in [0.717, 1.165) is 49.6 Å². The highest BCUT2D eigenvalue weighted by molar-refractivity contribution is 14.0. The summed E-state index contributed by atoms with van der Waals surface area (Å²) in [5.41, 5.74) is 8.28. The first-order chi connectivity index (χ1) is 14.6. The van der Waals surface area contributed by atoms with Gasteiger partial charge in [0.05, 0.1) is 20.8 Å². The van der Waals surface area contributed by atoms with Crippen LogP contribution in [0.4, 0.5) is 0 Å². The van der Waals surface area contributed by atoms with Crippen LogP contribution < -0.4 is 20.5 Å². The number of halogens is 2. The van der Waals surface area contributed by atoms with Gasteiger partial charge in [-0.1, -0.05) is 35.9 Å². The molecule has 1 aliphatic heterocycles. The number of hydrogen-bond acceptors (Lipinski definition) is 4. The van der Waals surface area contributed by atoms with Gasteiger partial charge in [-0.25, -0.2) is 4.99 Å². The lowest BCUT2D eigenvalue weighted by molar-refractivity contribution is 0.178. The number of nitrogens with zero attached hydrogens (tertiary/aromatic N) is 2. The minimum absolute atomic E-state index is 0. The van der Waals surface area contributed by atoms with E-state index in [2.05, 4.69) is 21.3 Å². The van der Waals surface area contributed by atoms with Crippen molar-refractivity contribution in [1.29, 1.82) is 0 Å². The minimum atomic E-state index is 0. The molecule has 3 N–H and O–H groups in total. The van der Waals surface area contributed by atoms with Gasteiger partial charge in [0.2, 0.25) is 0 Å². The number of ether oxygens (including phenoxy) is 2. The van der Waals surface area contributed by atoms with Gasteiger partial charge in [0.15, 0.2) is 17.5 Å². The second-order valence-corrected chi connectivity index (χ2v) is 7.99. The van der Waals surface area contributed by atoms with Gasteiger partial charge in [0.1, 0.15) is 0 Å². The van der Waals surface area contributed by atoms with Gasteiger partial charge < -0.3 is 20.5 Å². The van der Waals surface area contributed by atoms with Crippen molar-refractivity contribution >= 4 is 41.5 Å². The van der Waals surface area contributed by atoms with Crippen LogP contribution in [0.3, 0.4) is 0 Å². The van der Waals surface area contributed by atoms with E-state index in [1.54, 1.807) is 14.2 Å². The number of aliphatic imine (C=N–C) groups is 1. The van der Waals surface area contributed by atoms with Gasteiger partial charge in [-0.15, -0.1) is 24.0 Å². The van der Waals surface area contributed by atoms with Crippen LogP contribution in [0.25, 0.3) is 0 Å². The molecule has 0 radical (unpaired) electrons. The first kappa shape index (κ1) is 25.5. The van der Waals surface area contributed by atoms with Crippen LogP contribution in [-0.4, -0.2) is 44.7 Å². The molecule has 1 heterocycles. The first-order valence-corrected chi connectivity index (χ1v) is 10.7. The van der Waals surface area contributed by atoms with Gasteiger partial charge in [0, 0.05) is 18.1 Å². The van der Waals surface area contributed by atoms with E-state index < -0.39 is 0 Å². The molecule has 0 aliphatic carbocycles. The third-order valence-electron chi connectivity index (χ3n) is 5.51. The van der Waals surface area contributed by atoms with Crippen molar-refractivity contribution in [2.45, 2.75) is 25.9 Å². The molecule has 0 saturated carbocycles. The fourth-order valence-corrected chi connectivity index (χ4v) is 3.87. The molecule has 0 aromatic heterocycles. The highest BCUT2D eigenvalue weighted by Gasteiger charge is 2.19. The molecule has 2 aromatic rings. The van der Waals surface area contributed by atoms with Crippen molar-refractivity contribution in [3.8, 4) is 11.5 Å². The van der Waals surface area contributed by atoms with Crippen LogP contribution in [0.5, 0.6) is 11.5 Å². The van der Waals surface area contributed by atoms with Crippen LogP contribution in [0.1, 0.15) is 24.0 Å². The zero-order chi connectivity index (χ0) is 21.3. The smallest absolute Gasteiger partial charge is 0.188 e. The Labute approximate surface area is 207 Å². The molecule has 8 heteroatoms. The lowest BCUT2D eigenvalue weighted by Gasteiger charge is -2.32. The summed E-state index contributed by atoms with van der Waals surface area (Å²) in [7, 11) is 3.25. The summed E-state index contributed by atoms with van der Waals surface area (Å²) in [6, 6.07) is 13.8. The summed E-state index contributed by atoms with van der Waals surface area (Å²) in [4.78, 5) is 6.92. The molecule has 0 amide bonds. The molecule has 170 valence electrons. The number of nitrogens with two attached hydrogens (primary N) is 1. The highest BCUT2D eigenvalue weighted by Crippen LogP contribution is 2.27. The number of hydrogen-bond donors (Lipinski definition) is 2. The second kappa shape index (κ2) is 13.0. The van der Waals surface area contributed by atoms with E-state index in [-0.39, 0.29) is 24.0 Å². The third kappa shape index (κ3) is 7.73. The summed E-state index contributed by atoms with van der Waals surface area (Å²) in [6.45, 7) is 4.39. The molecule has 2 aromatic carbocycles. The van der Waals surface area contributed by atoms with Crippen molar-refractivity contribution < 1.29 is 9.47 Å². The predicted molar refractivity (Wildman–Crippen MR) is 138 cm³/mol. The molecule has 3 rings (SSSR count). The Morgan fingerprint density at radius 3 is 2.52 bits per heavy atom. The number of rotatable bonds is 8. The van der Waals surface area contributed by atoms with E-state index in [1.165, 1.54) is 5.56 Å². The fraction of sp³-hybridized carbons (Fsp3) is 0.435. The molecule has 0 unspecified atom stereocenters. The Kier molecular flexibility index (Phi) is 10.7. The van der Waals surface area contributed by atoms with Gasteiger partial charge in [0.25, 0.3) is 0 Å². The van der Waals surface area contributed by atoms with E-state index in [9.17, 15) is 0 Å². The number of benzene rings is 2. The van der Waals surface area contributed by atoms with Gasteiger partial charge in [-0.2, -0.15) is 0 Å². The average molecular weight is 559 g/mol. The summed E-state index contributed by atoms with van der Waals surface area (Å²) in [6.07, 6.45) is 2.28. The normalized spacial score (nSPS) is 15.3.